The van der Waals surface area contributed by atoms with E-state index in [0.717, 1.165) is 30.4 Å². The van der Waals surface area contributed by atoms with Crippen LogP contribution in [0.4, 0.5) is 0 Å². The van der Waals surface area contributed by atoms with E-state index in [9.17, 15) is 0 Å². The first kappa shape index (κ1) is 11.3. The van der Waals surface area contributed by atoms with Gasteiger partial charge >= 0.3 is 0 Å². The molecule has 86 valence electrons. The first-order chi connectivity index (χ1) is 7.83. The standard InChI is InChI=1S/C10H13ClN4O/c11-9(3-1-2-4-16)15-7-14-8-5-12-6-13-10(8)15/h5-7,9,16H,1-4H2. The number of fused-ring (bicyclic) bond motifs is 1. The van der Waals surface area contributed by atoms with E-state index in [0.29, 0.717) is 0 Å². The number of aromatic nitrogens is 4. The summed E-state index contributed by atoms with van der Waals surface area (Å²) in [6, 6.07) is 0. The van der Waals surface area contributed by atoms with Crippen LogP contribution in [0.1, 0.15) is 24.8 Å². The Hall–Kier alpha value is -1.20. The fraction of sp³-hybridized carbons (Fsp3) is 0.500. The molecule has 0 bridgehead atoms. The number of halogens is 1. The van der Waals surface area contributed by atoms with Gasteiger partial charge in [0.15, 0.2) is 5.65 Å². The highest BCUT2D eigenvalue weighted by Crippen LogP contribution is 2.23. The van der Waals surface area contributed by atoms with Crippen LogP contribution in [-0.4, -0.2) is 31.2 Å². The number of hydrogen-bond donors (Lipinski definition) is 1. The van der Waals surface area contributed by atoms with Gasteiger partial charge in [0.25, 0.3) is 0 Å². The van der Waals surface area contributed by atoms with Crippen LogP contribution in [-0.2, 0) is 0 Å². The van der Waals surface area contributed by atoms with Gasteiger partial charge in [-0.3, -0.25) is 4.57 Å². The highest BCUT2D eigenvalue weighted by atomic mass is 35.5. The second-order valence-corrected chi connectivity index (χ2v) is 4.04. The van der Waals surface area contributed by atoms with Crippen molar-refractivity contribution in [1.82, 2.24) is 19.5 Å². The summed E-state index contributed by atoms with van der Waals surface area (Å²) in [6.45, 7) is 0.205. The fourth-order valence-corrected chi connectivity index (χ4v) is 1.85. The number of imidazole rings is 1. The molecule has 0 saturated heterocycles. The van der Waals surface area contributed by atoms with Crippen LogP contribution in [0.3, 0.4) is 0 Å². The van der Waals surface area contributed by atoms with Crippen LogP contribution in [0.5, 0.6) is 0 Å². The summed E-state index contributed by atoms with van der Waals surface area (Å²) in [5.41, 5.74) is 1.32. The number of aliphatic hydroxyl groups is 1. The predicted octanol–water partition coefficient (Wildman–Crippen LogP) is 1.73. The number of unbranched alkanes of at least 4 members (excludes halogenated alkanes) is 1. The van der Waals surface area contributed by atoms with Crippen molar-refractivity contribution in [3.8, 4) is 0 Å². The lowest BCUT2D eigenvalue weighted by Crippen LogP contribution is -2.02. The maximum absolute atomic E-state index is 8.70. The zero-order chi connectivity index (χ0) is 11.4. The summed E-state index contributed by atoms with van der Waals surface area (Å²) >= 11 is 6.24. The third kappa shape index (κ3) is 2.31. The molecule has 0 spiro atoms. The third-order valence-electron chi connectivity index (χ3n) is 2.39. The molecule has 5 nitrogen and oxygen atoms in total. The first-order valence-electron chi connectivity index (χ1n) is 5.20. The molecule has 0 radical (unpaired) electrons. The van der Waals surface area contributed by atoms with Gasteiger partial charge in [0, 0.05) is 6.61 Å². The maximum Gasteiger partial charge on any atom is 0.164 e. The van der Waals surface area contributed by atoms with E-state index in [4.69, 9.17) is 16.7 Å². The van der Waals surface area contributed by atoms with Gasteiger partial charge in [-0.15, -0.1) is 0 Å². The highest BCUT2D eigenvalue weighted by Gasteiger charge is 2.11. The van der Waals surface area contributed by atoms with E-state index in [1.807, 2.05) is 4.57 Å². The van der Waals surface area contributed by atoms with Crippen molar-refractivity contribution in [2.45, 2.75) is 24.8 Å². The molecular weight excluding hydrogens is 228 g/mol. The van der Waals surface area contributed by atoms with Crippen molar-refractivity contribution in [3.05, 3.63) is 18.9 Å². The number of rotatable bonds is 5. The summed E-state index contributed by atoms with van der Waals surface area (Å²) in [7, 11) is 0. The summed E-state index contributed by atoms with van der Waals surface area (Å²) in [5.74, 6) is 0. The fourth-order valence-electron chi connectivity index (χ4n) is 1.55. The molecule has 2 aromatic rings. The van der Waals surface area contributed by atoms with Crippen molar-refractivity contribution in [3.63, 3.8) is 0 Å². The second kappa shape index (κ2) is 5.23. The highest BCUT2D eigenvalue weighted by molar-refractivity contribution is 6.19. The van der Waals surface area contributed by atoms with Gasteiger partial charge in [-0.2, -0.15) is 0 Å². The molecule has 0 amide bonds. The second-order valence-electron chi connectivity index (χ2n) is 3.54. The van der Waals surface area contributed by atoms with Crippen molar-refractivity contribution < 1.29 is 5.11 Å². The lowest BCUT2D eigenvalue weighted by molar-refractivity contribution is 0.281. The summed E-state index contributed by atoms with van der Waals surface area (Å²) in [6.07, 6.45) is 7.27. The molecule has 6 heteroatoms. The Kier molecular flexibility index (Phi) is 3.69. The summed E-state index contributed by atoms with van der Waals surface area (Å²) < 4.78 is 1.83. The molecule has 16 heavy (non-hydrogen) atoms. The number of hydrogen-bond acceptors (Lipinski definition) is 4. The van der Waals surface area contributed by atoms with Crippen LogP contribution in [0, 0.1) is 0 Å². The quantitative estimate of drug-likeness (QED) is 0.639. The van der Waals surface area contributed by atoms with Gasteiger partial charge in [-0.1, -0.05) is 11.6 Å². The van der Waals surface area contributed by atoms with Gasteiger partial charge in [0.05, 0.1) is 12.5 Å². The molecule has 0 aromatic carbocycles. The number of nitrogens with zero attached hydrogens (tertiary/aromatic N) is 4. The minimum absolute atomic E-state index is 0.175. The lowest BCUT2D eigenvalue weighted by atomic mass is 10.2. The zero-order valence-electron chi connectivity index (χ0n) is 8.75. The van der Waals surface area contributed by atoms with Gasteiger partial charge in [0.1, 0.15) is 17.3 Å². The molecule has 0 aliphatic carbocycles. The molecule has 1 N–H and O–H groups in total. The van der Waals surface area contributed by atoms with Gasteiger partial charge in [-0.05, 0) is 19.3 Å². The van der Waals surface area contributed by atoms with Crippen LogP contribution >= 0.6 is 11.6 Å². The largest absolute Gasteiger partial charge is 0.396 e. The monoisotopic (exact) mass is 240 g/mol. The van der Waals surface area contributed by atoms with E-state index in [1.54, 1.807) is 12.5 Å². The Morgan fingerprint density at radius 1 is 1.38 bits per heavy atom. The molecular formula is C10H13ClN4O. The van der Waals surface area contributed by atoms with E-state index in [-0.39, 0.29) is 12.1 Å². The molecule has 2 aromatic heterocycles. The minimum atomic E-state index is -0.175. The van der Waals surface area contributed by atoms with E-state index in [1.165, 1.54) is 6.33 Å². The first-order valence-corrected chi connectivity index (χ1v) is 5.64. The Morgan fingerprint density at radius 3 is 3.06 bits per heavy atom. The Bertz CT molecular complexity index is 459. The van der Waals surface area contributed by atoms with E-state index < -0.39 is 0 Å². The van der Waals surface area contributed by atoms with E-state index in [2.05, 4.69) is 15.0 Å². The van der Waals surface area contributed by atoms with Gasteiger partial charge in [-0.25, -0.2) is 15.0 Å². The Balaban J connectivity index is 2.13. The predicted molar refractivity (Wildman–Crippen MR) is 61.1 cm³/mol. The van der Waals surface area contributed by atoms with E-state index >= 15 is 0 Å². The van der Waals surface area contributed by atoms with Gasteiger partial charge in [0.2, 0.25) is 0 Å². The number of aliphatic hydroxyl groups excluding tert-OH is 1. The average Bonchev–Trinajstić information content (AvgIpc) is 2.73. The van der Waals surface area contributed by atoms with Crippen molar-refractivity contribution in [1.29, 1.82) is 0 Å². The zero-order valence-corrected chi connectivity index (χ0v) is 9.51. The molecule has 1 atom stereocenters. The summed E-state index contributed by atoms with van der Waals surface area (Å²) in [4.78, 5) is 12.2. The molecule has 2 heterocycles. The normalized spacial score (nSPS) is 13.1. The molecule has 0 aliphatic heterocycles. The minimum Gasteiger partial charge on any atom is -0.396 e. The van der Waals surface area contributed by atoms with Crippen molar-refractivity contribution >= 4 is 22.8 Å². The SMILES string of the molecule is OCCCCC(Cl)n1cnc2cncnc21. The lowest BCUT2D eigenvalue weighted by Gasteiger charge is -2.10. The maximum atomic E-state index is 8.70. The molecule has 2 rings (SSSR count). The smallest absolute Gasteiger partial charge is 0.164 e. The van der Waals surface area contributed by atoms with Crippen LogP contribution in [0.2, 0.25) is 0 Å². The van der Waals surface area contributed by atoms with Crippen molar-refractivity contribution in [2.75, 3.05) is 6.61 Å². The Labute approximate surface area is 98.1 Å². The molecule has 0 aliphatic rings. The van der Waals surface area contributed by atoms with Crippen molar-refractivity contribution in [2.24, 2.45) is 0 Å². The summed E-state index contributed by atoms with van der Waals surface area (Å²) in [5, 5.41) is 8.70. The molecule has 0 saturated carbocycles. The number of alkyl halides is 1. The van der Waals surface area contributed by atoms with Gasteiger partial charge < -0.3 is 5.11 Å². The average molecular weight is 241 g/mol. The van der Waals surface area contributed by atoms with Crippen LogP contribution in [0.25, 0.3) is 11.2 Å². The topological polar surface area (TPSA) is 63.8 Å². The molecule has 1 unspecified atom stereocenters. The molecule has 0 fully saturated rings. The Morgan fingerprint density at radius 2 is 2.25 bits per heavy atom. The van der Waals surface area contributed by atoms with Crippen LogP contribution < -0.4 is 0 Å². The third-order valence-corrected chi connectivity index (χ3v) is 2.82. The van der Waals surface area contributed by atoms with Crippen LogP contribution in [0.15, 0.2) is 18.9 Å².